The molecule has 0 fully saturated rings. The van der Waals surface area contributed by atoms with Gasteiger partial charge in [-0.1, -0.05) is 18.5 Å². The lowest BCUT2D eigenvalue weighted by atomic mass is 10.0. The Balaban J connectivity index is 1.94. The van der Waals surface area contributed by atoms with Crippen molar-refractivity contribution >= 4 is 29.1 Å². The number of carbonyl (C=O) groups excluding carboxylic acids is 1. The van der Waals surface area contributed by atoms with Crippen molar-refractivity contribution in [3.63, 3.8) is 0 Å². The average molecular weight is 309 g/mol. The molecule has 0 heterocycles. The van der Waals surface area contributed by atoms with E-state index in [9.17, 15) is 9.18 Å². The van der Waals surface area contributed by atoms with E-state index >= 15 is 0 Å². The van der Waals surface area contributed by atoms with Crippen LogP contribution in [0.3, 0.4) is 0 Å². The minimum atomic E-state index is -0.250. The van der Waals surface area contributed by atoms with Crippen LogP contribution >= 0.6 is 23.4 Å². The zero-order valence-electron chi connectivity index (χ0n) is 11.0. The first-order chi connectivity index (χ1) is 9.56. The van der Waals surface area contributed by atoms with E-state index in [1.54, 1.807) is 48.2 Å². The highest BCUT2D eigenvalue weighted by Crippen LogP contribution is 2.23. The van der Waals surface area contributed by atoms with Gasteiger partial charge in [0.25, 0.3) is 0 Å². The van der Waals surface area contributed by atoms with Gasteiger partial charge >= 0.3 is 0 Å². The summed E-state index contributed by atoms with van der Waals surface area (Å²) in [5.74, 6) is 0.398. The van der Waals surface area contributed by atoms with Crippen molar-refractivity contribution in [1.82, 2.24) is 0 Å². The largest absolute Gasteiger partial charge is 0.294 e. The molecule has 1 nitrogen and oxygen atoms in total. The summed E-state index contributed by atoms with van der Waals surface area (Å²) in [7, 11) is 0. The summed E-state index contributed by atoms with van der Waals surface area (Å²) in [6, 6.07) is 13.2. The van der Waals surface area contributed by atoms with Gasteiger partial charge in [0.2, 0.25) is 0 Å². The molecule has 2 rings (SSSR count). The number of thioether (sulfide) groups is 1. The van der Waals surface area contributed by atoms with Gasteiger partial charge in [0.05, 0.1) is 0 Å². The van der Waals surface area contributed by atoms with Crippen LogP contribution in [0.15, 0.2) is 53.4 Å². The Labute approximate surface area is 127 Å². The summed E-state index contributed by atoms with van der Waals surface area (Å²) in [5.41, 5.74) is 0.668. The number of halogens is 2. The quantitative estimate of drug-likeness (QED) is 0.565. The van der Waals surface area contributed by atoms with Crippen LogP contribution in [-0.2, 0) is 0 Å². The maximum absolute atomic E-state index is 12.8. The van der Waals surface area contributed by atoms with Crippen LogP contribution in [0.2, 0.25) is 5.02 Å². The molecule has 1 unspecified atom stereocenters. The summed E-state index contributed by atoms with van der Waals surface area (Å²) in [5, 5.41) is 0.620. The Hall–Kier alpha value is -1.32. The fourth-order valence-electron chi connectivity index (χ4n) is 1.73. The van der Waals surface area contributed by atoms with Crippen LogP contribution in [-0.4, -0.2) is 11.5 Å². The molecule has 2 aromatic carbocycles. The van der Waals surface area contributed by atoms with E-state index in [1.807, 2.05) is 6.92 Å². The van der Waals surface area contributed by atoms with Crippen LogP contribution < -0.4 is 0 Å². The van der Waals surface area contributed by atoms with Crippen molar-refractivity contribution in [2.45, 2.75) is 11.8 Å². The Kier molecular flexibility index (Phi) is 5.21. The Morgan fingerprint density at radius 2 is 1.75 bits per heavy atom. The first-order valence-corrected chi connectivity index (χ1v) is 7.61. The number of benzene rings is 2. The normalized spacial score (nSPS) is 12.2. The second-order valence-electron chi connectivity index (χ2n) is 4.54. The zero-order valence-corrected chi connectivity index (χ0v) is 12.5. The number of carbonyl (C=O) groups is 1. The molecule has 0 aliphatic heterocycles. The van der Waals surface area contributed by atoms with E-state index < -0.39 is 0 Å². The molecule has 0 aromatic heterocycles. The third kappa shape index (κ3) is 4.09. The first kappa shape index (κ1) is 15.1. The van der Waals surface area contributed by atoms with Crippen LogP contribution in [0.4, 0.5) is 4.39 Å². The topological polar surface area (TPSA) is 17.1 Å². The molecular formula is C16H14ClFOS. The third-order valence-corrected chi connectivity index (χ3v) is 4.41. The van der Waals surface area contributed by atoms with E-state index in [-0.39, 0.29) is 17.5 Å². The summed E-state index contributed by atoms with van der Waals surface area (Å²) < 4.78 is 12.8. The molecule has 0 N–H and O–H groups in total. The zero-order chi connectivity index (χ0) is 14.5. The predicted octanol–water partition coefficient (Wildman–Crippen LogP) is 5.09. The van der Waals surface area contributed by atoms with E-state index in [4.69, 9.17) is 11.6 Å². The van der Waals surface area contributed by atoms with Gasteiger partial charge in [-0.15, -0.1) is 11.8 Å². The van der Waals surface area contributed by atoms with Gasteiger partial charge in [0, 0.05) is 27.2 Å². The molecule has 1 atom stereocenters. The van der Waals surface area contributed by atoms with Crippen LogP contribution in [0.25, 0.3) is 0 Å². The second-order valence-corrected chi connectivity index (χ2v) is 6.07. The van der Waals surface area contributed by atoms with Crippen molar-refractivity contribution in [3.05, 3.63) is 64.9 Å². The van der Waals surface area contributed by atoms with Gasteiger partial charge in [-0.05, 0) is 48.5 Å². The lowest BCUT2D eigenvalue weighted by Gasteiger charge is -2.10. The molecule has 0 aliphatic rings. The maximum Gasteiger partial charge on any atom is 0.166 e. The summed E-state index contributed by atoms with van der Waals surface area (Å²) in [4.78, 5) is 13.2. The molecule has 0 bridgehead atoms. The van der Waals surface area contributed by atoms with Crippen molar-refractivity contribution in [2.75, 3.05) is 5.75 Å². The lowest BCUT2D eigenvalue weighted by molar-refractivity contribution is 0.0942. The van der Waals surface area contributed by atoms with Gasteiger partial charge in [-0.3, -0.25) is 4.79 Å². The minimum Gasteiger partial charge on any atom is -0.294 e. The third-order valence-electron chi connectivity index (χ3n) is 2.89. The summed E-state index contributed by atoms with van der Waals surface area (Å²) >= 11 is 7.35. The number of hydrogen-bond donors (Lipinski definition) is 0. The van der Waals surface area contributed by atoms with Crippen LogP contribution in [0, 0.1) is 11.7 Å². The predicted molar refractivity (Wildman–Crippen MR) is 82.1 cm³/mol. The van der Waals surface area contributed by atoms with Gasteiger partial charge < -0.3 is 0 Å². The van der Waals surface area contributed by atoms with Gasteiger partial charge in [0.15, 0.2) is 5.78 Å². The Morgan fingerprint density at radius 1 is 1.15 bits per heavy atom. The van der Waals surface area contributed by atoms with E-state index in [0.29, 0.717) is 16.3 Å². The maximum atomic E-state index is 12.8. The highest BCUT2D eigenvalue weighted by Gasteiger charge is 2.15. The van der Waals surface area contributed by atoms with Crippen molar-refractivity contribution in [1.29, 1.82) is 0 Å². The SMILES string of the molecule is CC(CSc1ccc(F)cc1)C(=O)c1ccc(Cl)cc1. The van der Waals surface area contributed by atoms with E-state index in [1.165, 1.54) is 12.1 Å². The van der Waals surface area contributed by atoms with E-state index in [0.717, 1.165) is 4.90 Å². The molecule has 0 aliphatic carbocycles. The molecule has 0 saturated heterocycles. The molecule has 20 heavy (non-hydrogen) atoms. The van der Waals surface area contributed by atoms with Gasteiger partial charge in [-0.2, -0.15) is 0 Å². The number of rotatable bonds is 5. The lowest BCUT2D eigenvalue weighted by Crippen LogP contribution is -2.13. The molecule has 0 saturated carbocycles. The van der Waals surface area contributed by atoms with Crippen molar-refractivity contribution in [3.8, 4) is 0 Å². The van der Waals surface area contributed by atoms with Crippen LogP contribution in [0.1, 0.15) is 17.3 Å². The smallest absolute Gasteiger partial charge is 0.166 e. The van der Waals surface area contributed by atoms with Gasteiger partial charge in [-0.25, -0.2) is 4.39 Å². The fourth-order valence-corrected chi connectivity index (χ4v) is 2.77. The second kappa shape index (κ2) is 6.91. The summed E-state index contributed by atoms with van der Waals surface area (Å²) in [6.45, 7) is 1.90. The highest BCUT2D eigenvalue weighted by molar-refractivity contribution is 7.99. The molecule has 0 radical (unpaired) electrons. The van der Waals surface area contributed by atoms with Crippen molar-refractivity contribution < 1.29 is 9.18 Å². The minimum absolute atomic E-state index is 0.0938. The molecule has 4 heteroatoms. The number of Topliss-reactive ketones (excluding diaryl/α,β-unsaturated/α-hetero) is 1. The summed E-state index contributed by atoms with van der Waals surface area (Å²) in [6.07, 6.45) is 0. The monoisotopic (exact) mass is 308 g/mol. The number of ketones is 1. The first-order valence-electron chi connectivity index (χ1n) is 6.24. The number of hydrogen-bond acceptors (Lipinski definition) is 2. The van der Waals surface area contributed by atoms with Crippen molar-refractivity contribution in [2.24, 2.45) is 5.92 Å². The molecule has 0 amide bonds. The van der Waals surface area contributed by atoms with E-state index in [2.05, 4.69) is 0 Å². The Morgan fingerprint density at radius 3 is 2.35 bits per heavy atom. The molecule has 104 valence electrons. The molecular weight excluding hydrogens is 295 g/mol. The van der Waals surface area contributed by atoms with Gasteiger partial charge in [0.1, 0.15) is 5.82 Å². The fraction of sp³-hybridized carbons (Fsp3) is 0.188. The average Bonchev–Trinajstić information content (AvgIpc) is 2.46. The molecule has 2 aromatic rings. The highest BCUT2D eigenvalue weighted by atomic mass is 35.5. The molecule has 0 spiro atoms. The standard InChI is InChI=1S/C16H14ClFOS/c1-11(10-20-15-8-6-14(18)7-9-15)16(19)12-2-4-13(17)5-3-12/h2-9,11H,10H2,1H3. The van der Waals surface area contributed by atoms with Crippen LogP contribution in [0.5, 0.6) is 0 Å². The Bertz CT molecular complexity index is 580.